The Hall–Kier alpha value is -1.00. The van der Waals surface area contributed by atoms with Gasteiger partial charge >= 0.3 is 0 Å². The summed E-state index contributed by atoms with van der Waals surface area (Å²) >= 11 is 0. The second kappa shape index (κ2) is 6.84. The minimum Gasteiger partial charge on any atom is -0.314 e. The zero-order valence-electron chi connectivity index (χ0n) is 12.5. The normalized spacial score (nSPS) is 23.1. The van der Waals surface area contributed by atoms with E-state index in [9.17, 15) is 8.78 Å². The molecule has 3 rings (SSSR count). The molecule has 1 N–H and O–H groups in total. The molecule has 116 valence electrons. The average molecular weight is 294 g/mol. The highest BCUT2D eigenvalue weighted by atomic mass is 19.2. The van der Waals surface area contributed by atoms with Crippen molar-refractivity contribution in [3.8, 4) is 0 Å². The van der Waals surface area contributed by atoms with E-state index < -0.39 is 11.6 Å². The minimum absolute atomic E-state index is 0.0306. The molecule has 1 heterocycles. The SMILES string of the molecule is Fc1cccc([C@H](C2CCCCC2)N2CCNCC2)c1F. The lowest BCUT2D eigenvalue weighted by molar-refractivity contribution is 0.1000. The van der Waals surface area contributed by atoms with Crippen molar-refractivity contribution in [1.82, 2.24) is 10.2 Å². The summed E-state index contributed by atoms with van der Waals surface area (Å²) in [4.78, 5) is 2.35. The van der Waals surface area contributed by atoms with Gasteiger partial charge in [0.25, 0.3) is 0 Å². The Morgan fingerprint density at radius 3 is 2.48 bits per heavy atom. The van der Waals surface area contributed by atoms with Crippen LogP contribution in [0.1, 0.15) is 43.7 Å². The molecule has 0 unspecified atom stereocenters. The molecule has 21 heavy (non-hydrogen) atoms. The van der Waals surface area contributed by atoms with E-state index in [0.717, 1.165) is 39.0 Å². The molecule has 1 saturated carbocycles. The molecule has 0 bridgehead atoms. The number of nitrogens with one attached hydrogen (secondary N) is 1. The van der Waals surface area contributed by atoms with Crippen LogP contribution in [0.4, 0.5) is 8.78 Å². The van der Waals surface area contributed by atoms with E-state index in [1.165, 1.54) is 25.3 Å². The molecule has 2 aliphatic rings. The van der Waals surface area contributed by atoms with Gasteiger partial charge in [-0.05, 0) is 24.8 Å². The van der Waals surface area contributed by atoms with Crippen molar-refractivity contribution in [3.05, 3.63) is 35.4 Å². The van der Waals surface area contributed by atoms with Crippen LogP contribution >= 0.6 is 0 Å². The van der Waals surface area contributed by atoms with Crippen molar-refractivity contribution in [2.75, 3.05) is 26.2 Å². The van der Waals surface area contributed by atoms with Crippen LogP contribution in [-0.4, -0.2) is 31.1 Å². The van der Waals surface area contributed by atoms with Crippen molar-refractivity contribution in [3.63, 3.8) is 0 Å². The number of nitrogens with zero attached hydrogens (tertiary/aromatic N) is 1. The van der Waals surface area contributed by atoms with Crippen molar-refractivity contribution in [2.24, 2.45) is 5.92 Å². The lowest BCUT2D eigenvalue weighted by Crippen LogP contribution is -2.47. The third-order valence-electron chi connectivity index (χ3n) is 4.94. The number of hydrogen-bond donors (Lipinski definition) is 1. The van der Waals surface area contributed by atoms with Gasteiger partial charge in [-0.25, -0.2) is 8.78 Å². The first kappa shape index (κ1) is 14.9. The topological polar surface area (TPSA) is 15.3 Å². The van der Waals surface area contributed by atoms with E-state index in [4.69, 9.17) is 0 Å². The lowest BCUT2D eigenvalue weighted by atomic mass is 9.80. The third kappa shape index (κ3) is 3.27. The molecule has 2 nitrogen and oxygen atoms in total. The Balaban J connectivity index is 1.91. The molecular formula is C17H24F2N2. The molecule has 0 radical (unpaired) electrons. The van der Waals surface area contributed by atoms with Crippen LogP contribution in [0.3, 0.4) is 0 Å². The van der Waals surface area contributed by atoms with Gasteiger partial charge in [0.05, 0.1) is 0 Å². The molecule has 4 heteroatoms. The van der Waals surface area contributed by atoms with E-state index in [1.54, 1.807) is 12.1 Å². The number of rotatable bonds is 3. The first-order valence-electron chi connectivity index (χ1n) is 8.16. The van der Waals surface area contributed by atoms with Gasteiger partial charge in [0.15, 0.2) is 11.6 Å². The summed E-state index contributed by atoms with van der Waals surface area (Å²) in [7, 11) is 0. The van der Waals surface area contributed by atoms with Gasteiger partial charge in [0.1, 0.15) is 0 Å². The fraction of sp³-hybridized carbons (Fsp3) is 0.647. The fourth-order valence-electron chi connectivity index (χ4n) is 3.91. The van der Waals surface area contributed by atoms with E-state index in [1.807, 2.05) is 0 Å². The minimum atomic E-state index is -0.719. The highest BCUT2D eigenvalue weighted by Crippen LogP contribution is 2.39. The first-order valence-corrected chi connectivity index (χ1v) is 8.16. The zero-order valence-corrected chi connectivity index (χ0v) is 12.5. The highest BCUT2D eigenvalue weighted by molar-refractivity contribution is 5.24. The maximum absolute atomic E-state index is 14.3. The summed E-state index contributed by atoms with van der Waals surface area (Å²) in [5.74, 6) is -0.914. The fourth-order valence-corrected chi connectivity index (χ4v) is 3.91. The molecule has 1 aliphatic carbocycles. The van der Waals surface area contributed by atoms with Gasteiger partial charge in [-0.1, -0.05) is 31.4 Å². The Morgan fingerprint density at radius 2 is 1.76 bits per heavy atom. The van der Waals surface area contributed by atoms with Gasteiger partial charge in [0, 0.05) is 37.8 Å². The molecule has 1 saturated heterocycles. The molecule has 0 amide bonds. The summed E-state index contributed by atoms with van der Waals surface area (Å²) in [5, 5.41) is 3.34. The summed E-state index contributed by atoms with van der Waals surface area (Å²) in [6.07, 6.45) is 5.96. The van der Waals surface area contributed by atoms with Crippen molar-refractivity contribution in [2.45, 2.75) is 38.1 Å². The molecule has 1 aromatic carbocycles. The van der Waals surface area contributed by atoms with E-state index in [2.05, 4.69) is 10.2 Å². The Bertz CT molecular complexity index is 448. The van der Waals surface area contributed by atoms with Crippen molar-refractivity contribution in [1.29, 1.82) is 0 Å². The molecule has 1 aromatic rings. The van der Waals surface area contributed by atoms with Crippen LogP contribution in [0.25, 0.3) is 0 Å². The molecule has 1 aliphatic heterocycles. The monoisotopic (exact) mass is 294 g/mol. The second-order valence-electron chi connectivity index (χ2n) is 6.27. The summed E-state index contributed by atoms with van der Waals surface area (Å²) < 4.78 is 28.0. The average Bonchev–Trinajstić information content (AvgIpc) is 2.54. The Morgan fingerprint density at radius 1 is 1.05 bits per heavy atom. The molecule has 0 aromatic heterocycles. The quantitative estimate of drug-likeness (QED) is 0.918. The molecule has 2 fully saturated rings. The summed E-state index contributed by atoms with van der Waals surface area (Å²) in [5.41, 5.74) is 0.559. The van der Waals surface area contributed by atoms with E-state index >= 15 is 0 Å². The van der Waals surface area contributed by atoms with Gasteiger partial charge in [-0.3, -0.25) is 4.90 Å². The molecule has 1 atom stereocenters. The number of benzene rings is 1. The van der Waals surface area contributed by atoms with Crippen molar-refractivity contribution >= 4 is 0 Å². The summed E-state index contributed by atoms with van der Waals surface area (Å²) in [6, 6.07) is 4.67. The standard InChI is InChI=1S/C17H24F2N2/c18-15-8-4-7-14(16(15)19)17(13-5-2-1-3-6-13)21-11-9-20-10-12-21/h4,7-8,13,17,20H,1-3,5-6,9-12H2/t17-/m0/s1. The van der Waals surface area contributed by atoms with E-state index in [-0.39, 0.29) is 6.04 Å². The van der Waals surface area contributed by atoms with Crippen LogP contribution in [0.2, 0.25) is 0 Å². The van der Waals surface area contributed by atoms with Crippen molar-refractivity contribution < 1.29 is 8.78 Å². The largest absolute Gasteiger partial charge is 0.314 e. The predicted octanol–water partition coefficient (Wildman–Crippen LogP) is 3.49. The number of piperazine rings is 1. The predicted molar refractivity (Wildman–Crippen MR) is 80.1 cm³/mol. The van der Waals surface area contributed by atoms with Gasteiger partial charge in [0.2, 0.25) is 0 Å². The third-order valence-corrected chi connectivity index (χ3v) is 4.94. The number of hydrogen-bond acceptors (Lipinski definition) is 2. The maximum atomic E-state index is 14.3. The van der Waals surface area contributed by atoms with Crippen LogP contribution in [0.15, 0.2) is 18.2 Å². The van der Waals surface area contributed by atoms with Gasteiger partial charge < -0.3 is 5.32 Å². The zero-order chi connectivity index (χ0) is 14.7. The van der Waals surface area contributed by atoms with Gasteiger partial charge in [-0.15, -0.1) is 0 Å². The van der Waals surface area contributed by atoms with Crippen LogP contribution in [-0.2, 0) is 0 Å². The lowest BCUT2D eigenvalue weighted by Gasteiger charge is -2.41. The maximum Gasteiger partial charge on any atom is 0.163 e. The van der Waals surface area contributed by atoms with Crippen LogP contribution in [0.5, 0.6) is 0 Å². The Kier molecular flexibility index (Phi) is 4.86. The van der Waals surface area contributed by atoms with Gasteiger partial charge in [-0.2, -0.15) is 0 Å². The number of halogens is 2. The van der Waals surface area contributed by atoms with Crippen LogP contribution in [0, 0.1) is 17.6 Å². The summed E-state index contributed by atoms with van der Waals surface area (Å²) in [6.45, 7) is 3.69. The Labute approximate surface area is 125 Å². The molecule has 0 spiro atoms. The smallest absolute Gasteiger partial charge is 0.163 e. The molecular weight excluding hydrogens is 270 g/mol. The van der Waals surface area contributed by atoms with E-state index in [0.29, 0.717) is 11.5 Å². The highest BCUT2D eigenvalue weighted by Gasteiger charge is 2.33. The van der Waals surface area contributed by atoms with Crippen LogP contribution < -0.4 is 5.32 Å². The second-order valence-corrected chi connectivity index (χ2v) is 6.27. The first-order chi connectivity index (χ1) is 10.3.